The van der Waals surface area contributed by atoms with Crippen LogP contribution in [0.1, 0.15) is 40.0 Å². The molecule has 1 aromatic heterocycles. The van der Waals surface area contributed by atoms with Crippen LogP contribution >= 0.6 is 0 Å². The Balaban J connectivity index is 1.63. The SMILES string of the molecule is CCOc1ccc(-c2noc(N3CCC(C(=O)N[C@@H](C)CC)CC3)n2)cc1OC. The van der Waals surface area contributed by atoms with Crippen LogP contribution in [0.4, 0.5) is 6.01 Å². The van der Waals surface area contributed by atoms with E-state index in [4.69, 9.17) is 14.0 Å². The van der Waals surface area contributed by atoms with Crippen molar-refractivity contribution in [1.82, 2.24) is 15.5 Å². The van der Waals surface area contributed by atoms with E-state index in [1.54, 1.807) is 7.11 Å². The second-order valence-corrected chi connectivity index (χ2v) is 7.28. The van der Waals surface area contributed by atoms with Crippen LogP contribution in [0.15, 0.2) is 22.7 Å². The smallest absolute Gasteiger partial charge is 0.324 e. The number of aromatic nitrogens is 2. The molecule has 158 valence electrons. The molecule has 1 aromatic carbocycles. The number of benzene rings is 1. The number of hydrogen-bond donors (Lipinski definition) is 1. The molecule has 0 saturated carbocycles. The topological polar surface area (TPSA) is 89.7 Å². The van der Waals surface area contributed by atoms with E-state index < -0.39 is 0 Å². The molecular formula is C21H30N4O4. The maximum Gasteiger partial charge on any atom is 0.324 e. The van der Waals surface area contributed by atoms with Gasteiger partial charge in [-0.3, -0.25) is 4.79 Å². The number of nitrogens with one attached hydrogen (secondary N) is 1. The summed E-state index contributed by atoms with van der Waals surface area (Å²) < 4.78 is 16.4. The Bertz CT molecular complexity index is 815. The van der Waals surface area contributed by atoms with Crippen molar-refractivity contribution in [3.8, 4) is 22.9 Å². The molecule has 1 saturated heterocycles. The molecule has 1 amide bonds. The second kappa shape index (κ2) is 9.62. The Morgan fingerprint density at radius 3 is 2.72 bits per heavy atom. The Hall–Kier alpha value is -2.77. The second-order valence-electron chi connectivity index (χ2n) is 7.28. The van der Waals surface area contributed by atoms with Gasteiger partial charge in [-0.15, -0.1) is 0 Å². The fraction of sp³-hybridized carbons (Fsp3) is 0.571. The molecule has 2 aromatic rings. The summed E-state index contributed by atoms with van der Waals surface area (Å²) in [4.78, 5) is 18.9. The maximum atomic E-state index is 12.3. The summed E-state index contributed by atoms with van der Waals surface area (Å²) in [6.45, 7) is 8.02. The number of ether oxygens (including phenoxy) is 2. The van der Waals surface area contributed by atoms with Gasteiger partial charge in [-0.05, 0) is 51.3 Å². The van der Waals surface area contributed by atoms with Gasteiger partial charge in [0.1, 0.15) is 0 Å². The van der Waals surface area contributed by atoms with Crippen LogP contribution in [0.5, 0.6) is 11.5 Å². The van der Waals surface area contributed by atoms with Crippen molar-refractivity contribution in [1.29, 1.82) is 0 Å². The van der Waals surface area contributed by atoms with Gasteiger partial charge in [0, 0.05) is 30.6 Å². The van der Waals surface area contributed by atoms with Gasteiger partial charge in [-0.1, -0.05) is 12.1 Å². The van der Waals surface area contributed by atoms with Crippen molar-refractivity contribution in [2.75, 3.05) is 31.7 Å². The third-order valence-electron chi connectivity index (χ3n) is 5.27. The van der Waals surface area contributed by atoms with Crippen LogP contribution in [-0.4, -0.2) is 48.9 Å². The molecule has 1 fully saturated rings. The lowest BCUT2D eigenvalue weighted by atomic mass is 9.96. The van der Waals surface area contributed by atoms with E-state index >= 15 is 0 Å². The minimum atomic E-state index is 0.0398. The number of anilines is 1. The van der Waals surface area contributed by atoms with Crippen molar-refractivity contribution in [2.45, 2.75) is 46.1 Å². The summed E-state index contributed by atoms with van der Waals surface area (Å²) in [6, 6.07) is 6.26. The molecular weight excluding hydrogens is 372 g/mol. The van der Waals surface area contributed by atoms with Gasteiger partial charge >= 0.3 is 6.01 Å². The molecule has 1 aliphatic rings. The van der Waals surface area contributed by atoms with E-state index in [1.807, 2.05) is 36.9 Å². The van der Waals surface area contributed by atoms with Crippen molar-refractivity contribution >= 4 is 11.9 Å². The van der Waals surface area contributed by atoms with Crippen molar-refractivity contribution in [3.63, 3.8) is 0 Å². The van der Waals surface area contributed by atoms with Crippen LogP contribution < -0.4 is 19.7 Å². The Morgan fingerprint density at radius 2 is 2.07 bits per heavy atom. The molecule has 0 bridgehead atoms. The van der Waals surface area contributed by atoms with Crippen LogP contribution in [0.2, 0.25) is 0 Å². The van der Waals surface area contributed by atoms with E-state index in [9.17, 15) is 4.79 Å². The first-order valence-corrected chi connectivity index (χ1v) is 10.3. The summed E-state index contributed by atoms with van der Waals surface area (Å²) >= 11 is 0. The van der Waals surface area contributed by atoms with Gasteiger partial charge in [0.05, 0.1) is 13.7 Å². The lowest BCUT2D eigenvalue weighted by molar-refractivity contribution is -0.126. The first-order valence-electron chi connectivity index (χ1n) is 10.3. The Labute approximate surface area is 171 Å². The summed E-state index contributed by atoms with van der Waals surface area (Å²) in [6.07, 6.45) is 2.49. The van der Waals surface area contributed by atoms with Gasteiger partial charge in [-0.25, -0.2) is 0 Å². The van der Waals surface area contributed by atoms with E-state index in [-0.39, 0.29) is 17.9 Å². The quantitative estimate of drug-likeness (QED) is 0.725. The number of nitrogens with zero attached hydrogens (tertiary/aromatic N) is 3. The molecule has 0 radical (unpaired) electrons. The minimum absolute atomic E-state index is 0.0398. The van der Waals surface area contributed by atoms with Crippen LogP contribution in [0.3, 0.4) is 0 Å². The fourth-order valence-corrected chi connectivity index (χ4v) is 3.34. The number of hydrogen-bond acceptors (Lipinski definition) is 7. The molecule has 1 atom stereocenters. The van der Waals surface area contributed by atoms with Crippen LogP contribution in [0.25, 0.3) is 11.4 Å². The molecule has 1 N–H and O–H groups in total. The normalized spacial score (nSPS) is 15.8. The Morgan fingerprint density at radius 1 is 1.31 bits per heavy atom. The molecule has 0 aliphatic carbocycles. The van der Waals surface area contributed by atoms with Crippen LogP contribution in [0, 0.1) is 5.92 Å². The maximum absolute atomic E-state index is 12.3. The van der Waals surface area contributed by atoms with E-state index in [0.29, 0.717) is 43.0 Å². The van der Waals surface area contributed by atoms with Gasteiger partial charge in [0.15, 0.2) is 11.5 Å². The van der Waals surface area contributed by atoms with E-state index in [2.05, 4.69) is 22.4 Å². The third-order valence-corrected chi connectivity index (χ3v) is 5.27. The summed E-state index contributed by atoms with van der Waals surface area (Å²) in [5.74, 6) is 1.99. The first-order chi connectivity index (χ1) is 14.0. The van der Waals surface area contributed by atoms with E-state index in [0.717, 1.165) is 24.8 Å². The molecule has 3 rings (SSSR count). The lowest BCUT2D eigenvalue weighted by Crippen LogP contribution is -2.43. The zero-order valence-corrected chi connectivity index (χ0v) is 17.6. The largest absolute Gasteiger partial charge is 0.493 e. The molecule has 8 nitrogen and oxygen atoms in total. The average Bonchev–Trinajstić information content (AvgIpc) is 3.24. The monoisotopic (exact) mass is 402 g/mol. The predicted octanol–water partition coefficient (Wildman–Crippen LogP) is 3.28. The molecule has 1 aliphatic heterocycles. The fourth-order valence-electron chi connectivity index (χ4n) is 3.34. The van der Waals surface area contributed by atoms with Crippen molar-refractivity contribution in [3.05, 3.63) is 18.2 Å². The molecule has 0 unspecified atom stereocenters. The highest BCUT2D eigenvalue weighted by Crippen LogP contribution is 2.32. The predicted molar refractivity (Wildman–Crippen MR) is 110 cm³/mol. The molecule has 0 spiro atoms. The number of methoxy groups -OCH3 is 1. The van der Waals surface area contributed by atoms with Gasteiger partial charge in [0.25, 0.3) is 0 Å². The minimum Gasteiger partial charge on any atom is -0.493 e. The standard InChI is InChI=1S/C21H30N4O4/c1-5-14(3)22-20(26)15-9-11-25(12-10-15)21-23-19(24-29-21)16-7-8-17(28-6-2)18(13-16)27-4/h7-8,13-15H,5-6,9-12H2,1-4H3,(H,22,26)/t14-/m0/s1. The number of amides is 1. The zero-order chi connectivity index (χ0) is 20.8. The highest BCUT2D eigenvalue weighted by Gasteiger charge is 2.28. The third kappa shape index (κ3) is 4.99. The highest BCUT2D eigenvalue weighted by molar-refractivity contribution is 5.79. The summed E-state index contributed by atoms with van der Waals surface area (Å²) in [5, 5.41) is 7.19. The highest BCUT2D eigenvalue weighted by atomic mass is 16.5. The number of carbonyl (C=O) groups is 1. The molecule has 29 heavy (non-hydrogen) atoms. The summed E-state index contributed by atoms with van der Waals surface area (Å²) in [5.41, 5.74) is 0.795. The van der Waals surface area contributed by atoms with Gasteiger partial charge < -0.3 is 24.2 Å². The average molecular weight is 402 g/mol. The zero-order valence-electron chi connectivity index (χ0n) is 17.6. The van der Waals surface area contributed by atoms with E-state index in [1.165, 1.54) is 0 Å². The van der Waals surface area contributed by atoms with Crippen LogP contribution in [-0.2, 0) is 4.79 Å². The van der Waals surface area contributed by atoms with Crippen molar-refractivity contribution < 1.29 is 18.8 Å². The number of piperidine rings is 1. The molecule has 2 heterocycles. The van der Waals surface area contributed by atoms with Crippen molar-refractivity contribution in [2.24, 2.45) is 5.92 Å². The summed E-state index contributed by atoms with van der Waals surface area (Å²) in [7, 11) is 1.60. The lowest BCUT2D eigenvalue weighted by Gasteiger charge is -2.30. The first kappa shape index (κ1) is 21.0. The number of rotatable bonds is 8. The van der Waals surface area contributed by atoms with Gasteiger partial charge in [0.2, 0.25) is 11.7 Å². The Kier molecular flexibility index (Phi) is 6.95. The van der Waals surface area contributed by atoms with Gasteiger partial charge in [-0.2, -0.15) is 4.98 Å². The number of carbonyl (C=O) groups excluding carboxylic acids is 1. The molecule has 8 heteroatoms.